The topological polar surface area (TPSA) is 43.4 Å². The quantitative estimate of drug-likeness (QED) is 0.619. The predicted octanol–water partition coefficient (Wildman–Crippen LogP) is 3.09. The van der Waals surface area contributed by atoms with Crippen LogP contribution in [0.5, 0.6) is 0 Å². The summed E-state index contributed by atoms with van der Waals surface area (Å²) in [5, 5.41) is 0. The van der Waals surface area contributed by atoms with E-state index < -0.39 is 0 Å². The summed E-state index contributed by atoms with van der Waals surface area (Å²) >= 11 is 0. The second kappa shape index (κ2) is 5.16. The summed E-state index contributed by atoms with van der Waals surface area (Å²) in [6.45, 7) is 4.20. The van der Waals surface area contributed by atoms with Crippen LogP contribution in [-0.4, -0.2) is 18.9 Å². The first-order valence-electron chi connectivity index (χ1n) is 6.62. The van der Waals surface area contributed by atoms with E-state index in [2.05, 4.69) is 13.8 Å². The van der Waals surface area contributed by atoms with Crippen molar-refractivity contribution in [3.05, 3.63) is 35.9 Å². The van der Waals surface area contributed by atoms with Crippen LogP contribution in [0.15, 0.2) is 30.3 Å². The molecule has 1 fully saturated rings. The molecule has 0 radical (unpaired) electrons. The zero-order chi connectivity index (χ0) is 14.0. The van der Waals surface area contributed by atoms with Gasteiger partial charge in [0.05, 0.1) is 13.0 Å². The fourth-order valence-electron chi connectivity index (χ4n) is 3.05. The van der Waals surface area contributed by atoms with E-state index in [0.29, 0.717) is 12.0 Å². The number of methoxy groups -OCH3 is 1. The van der Waals surface area contributed by atoms with Crippen molar-refractivity contribution in [3.8, 4) is 0 Å². The van der Waals surface area contributed by atoms with Gasteiger partial charge in [-0.25, -0.2) is 0 Å². The molecule has 1 aliphatic rings. The first kappa shape index (κ1) is 13.8. The second-order valence-electron chi connectivity index (χ2n) is 6.04. The van der Waals surface area contributed by atoms with Crippen molar-refractivity contribution in [1.82, 2.24) is 0 Å². The van der Waals surface area contributed by atoms with E-state index in [4.69, 9.17) is 4.74 Å². The molecule has 102 valence electrons. The van der Waals surface area contributed by atoms with Crippen LogP contribution in [0.2, 0.25) is 0 Å². The van der Waals surface area contributed by atoms with Crippen molar-refractivity contribution in [2.75, 3.05) is 7.11 Å². The number of carbonyl (C=O) groups is 2. The molecule has 3 nitrogen and oxygen atoms in total. The predicted molar refractivity (Wildman–Crippen MR) is 72.8 cm³/mol. The maximum Gasteiger partial charge on any atom is 0.309 e. The third kappa shape index (κ3) is 2.86. The molecule has 0 unspecified atom stereocenters. The number of ketones is 1. The van der Waals surface area contributed by atoms with Gasteiger partial charge in [0, 0.05) is 11.5 Å². The summed E-state index contributed by atoms with van der Waals surface area (Å²) in [5.74, 6) is -0.779. The SMILES string of the molecule is COC(=O)[C@@H]1CC(C)(C)C[C@H]1C(=O)c1ccccc1. The minimum Gasteiger partial charge on any atom is -0.469 e. The molecule has 3 heteroatoms. The molecule has 1 aromatic rings. The summed E-state index contributed by atoms with van der Waals surface area (Å²) in [6.07, 6.45) is 1.45. The maximum atomic E-state index is 12.6. The number of rotatable bonds is 3. The van der Waals surface area contributed by atoms with Crippen LogP contribution in [0, 0.1) is 17.3 Å². The molecule has 19 heavy (non-hydrogen) atoms. The molecular weight excluding hydrogens is 240 g/mol. The Morgan fingerprint density at radius 2 is 1.68 bits per heavy atom. The number of Topliss-reactive ketones (excluding diaryl/α,β-unsaturated/α-hetero) is 1. The zero-order valence-electron chi connectivity index (χ0n) is 11.7. The fourth-order valence-corrected chi connectivity index (χ4v) is 3.05. The van der Waals surface area contributed by atoms with E-state index in [1.165, 1.54) is 7.11 Å². The van der Waals surface area contributed by atoms with Gasteiger partial charge in [-0.2, -0.15) is 0 Å². The van der Waals surface area contributed by atoms with E-state index >= 15 is 0 Å². The molecule has 2 rings (SSSR count). The third-order valence-corrected chi connectivity index (χ3v) is 3.93. The molecule has 1 aliphatic carbocycles. The molecule has 0 aliphatic heterocycles. The summed E-state index contributed by atoms with van der Waals surface area (Å²) in [7, 11) is 1.39. The van der Waals surface area contributed by atoms with Crippen LogP contribution in [0.1, 0.15) is 37.0 Å². The zero-order valence-corrected chi connectivity index (χ0v) is 11.7. The van der Waals surface area contributed by atoms with Crippen molar-refractivity contribution >= 4 is 11.8 Å². The van der Waals surface area contributed by atoms with Gasteiger partial charge in [0.1, 0.15) is 0 Å². The van der Waals surface area contributed by atoms with Crippen molar-refractivity contribution in [2.24, 2.45) is 17.3 Å². The Bertz CT molecular complexity index is 476. The highest BCUT2D eigenvalue weighted by molar-refractivity contribution is 6.00. The van der Waals surface area contributed by atoms with Crippen molar-refractivity contribution in [2.45, 2.75) is 26.7 Å². The highest BCUT2D eigenvalue weighted by atomic mass is 16.5. The Labute approximate surface area is 114 Å². The van der Waals surface area contributed by atoms with E-state index in [9.17, 15) is 9.59 Å². The molecule has 2 atom stereocenters. The van der Waals surface area contributed by atoms with Crippen molar-refractivity contribution < 1.29 is 14.3 Å². The van der Waals surface area contributed by atoms with Crippen LogP contribution in [0.4, 0.5) is 0 Å². The highest BCUT2D eigenvalue weighted by Gasteiger charge is 2.46. The third-order valence-electron chi connectivity index (χ3n) is 3.93. The van der Waals surface area contributed by atoms with Gasteiger partial charge in [0.25, 0.3) is 0 Å². The summed E-state index contributed by atoms with van der Waals surface area (Å²) in [6, 6.07) is 9.19. The van der Waals surface area contributed by atoms with Gasteiger partial charge in [-0.3, -0.25) is 9.59 Å². The van der Waals surface area contributed by atoms with Gasteiger partial charge in [-0.05, 0) is 18.3 Å². The van der Waals surface area contributed by atoms with Crippen LogP contribution >= 0.6 is 0 Å². The van der Waals surface area contributed by atoms with Gasteiger partial charge >= 0.3 is 5.97 Å². The molecule has 0 spiro atoms. The molecule has 0 heterocycles. The number of hydrogen-bond donors (Lipinski definition) is 0. The lowest BCUT2D eigenvalue weighted by atomic mass is 9.87. The molecule has 0 aromatic heterocycles. The lowest BCUT2D eigenvalue weighted by molar-refractivity contribution is -0.146. The monoisotopic (exact) mass is 260 g/mol. The Morgan fingerprint density at radius 1 is 1.11 bits per heavy atom. The minimum absolute atomic E-state index is 0.00790. The molecule has 0 bridgehead atoms. The first-order chi connectivity index (χ1) is 8.94. The minimum atomic E-state index is -0.312. The Morgan fingerprint density at radius 3 is 2.26 bits per heavy atom. The first-order valence-corrected chi connectivity index (χ1v) is 6.62. The van der Waals surface area contributed by atoms with E-state index in [0.717, 1.165) is 6.42 Å². The van der Waals surface area contributed by atoms with Crippen LogP contribution in [-0.2, 0) is 9.53 Å². The smallest absolute Gasteiger partial charge is 0.309 e. The Balaban J connectivity index is 2.26. The Kier molecular flexibility index (Phi) is 3.74. The highest BCUT2D eigenvalue weighted by Crippen LogP contribution is 2.46. The largest absolute Gasteiger partial charge is 0.469 e. The summed E-state index contributed by atoms with van der Waals surface area (Å²) in [4.78, 5) is 24.4. The van der Waals surface area contributed by atoms with Crippen molar-refractivity contribution in [1.29, 1.82) is 0 Å². The lowest BCUT2D eigenvalue weighted by Gasteiger charge is -2.16. The summed E-state index contributed by atoms with van der Waals surface area (Å²) in [5.41, 5.74) is 0.688. The number of hydrogen-bond acceptors (Lipinski definition) is 3. The second-order valence-corrected chi connectivity index (χ2v) is 6.04. The number of carbonyl (C=O) groups excluding carboxylic acids is 2. The molecule has 0 amide bonds. The number of benzene rings is 1. The van der Waals surface area contributed by atoms with Crippen LogP contribution in [0.3, 0.4) is 0 Å². The molecule has 0 saturated heterocycles. The maximum absolute atomic E-state index is 12.6. The van der Waals surface area contributed by atoms with Gasteiger partial charge in [0.2, 0.25) is 0 Å². The molecular formula is C16H20O3. The van der Waals surface area contributed by atoms with Gasteiger partial charge < -0.3 is 4.74 Å². The number of ether oxygens (including phenoxy) is 1. The average Bonchev–Trinajstić information content (AvgIpc) is 2.74. The Hall–Kier alpha value is -1.64. The van der Waals surface area contributed by atoms with E-state index in [1.807, 2.05) is 30.3 Å². The average molecular weight is 260 g/mol. The fraction of sp³-hybridized carbons (Fsp3) is 0.500. The van der Waals surface area contributed by atoms with Crippen molar-refractivity contribution in [3.63, 3.8) is 0 Å². The lowest BCUT2D eigenvalue weighted by Crippen LogP contribution is -2.26. The van der Waals surface area contributed by atoms with Gasteiger partial charge in [-0.1, -0.05) is 44.2 Å². The van der Waals surface area contributed by atoms with E-state index in [-0.39, 0.29) is 29.0 Å². The van der Waals surface area contributed by atoms with Crippen LogP contribution < -0.4 is 0 Å². The molecule has 0 N–H and O–H groups in total. The standard InChI is InChI=1S/C16H20O3/c1-16(2)9-12(13(10-16)15(18)19-3)14(17)11-7-5-4-6-8-11/h4-8,12-13H,9-10H2,1-3H3/t12-,13-/m1/s1. The molecule has 1 aromatic carbocycles. The van der Waals surface area contributed by atoms with Crippen LogP contribution in [0.25, 0.3) is 0 Å². The van der Waals surface area contributed by atoms with Gasteiger partial charge in [-0.15, -0.1) is 0 Å². The van der Waals surface area contributed by atoms with Gasteiger partial charge in [0.15, 0.2) is 5.78 Å². The normalized spacial score (nSPS) is 25.0. The number of esters is 1. The molecule has 1 saturated carbocycles. The van der Waals surface area contributed by atoms with E-state index in [1.54, 1.807) is 0 Å². The summed E-state index contributed by atoms with van der Waals surface area (Å²) < 4.78 is 4.85.